The molecule has 2 unspecified atom stereocenters. The van der Waals surface area contributed by atoms with Crippen molar-refractivity contribution in [3.05, 3.63) is 18.2 Å². The van der Waals surface area contributed by atoms with Crippen molar-refractivity contribution in [2.45, 2.75) is 5.92 Å². The number of imidazole rings is 1. The average molecular weight is 264 g/mol. The fraction of sp³-hybridized carbons (Fsp3) is 0.692. The highest BCUT2D eigenvalue weighted by Crippen LogP contribution is 2.28. The Bertz CT molecular complexity index is 453. The Morgan fingerprint density at radius 2 is 2.21 bits per heavy atom. The number of hydrogen-bond acceptors (Lipinski definition) is 4. The van der Waals surface area contributed by atoms with Gasteiger partial charge in [-0.3, -0.25) is 4.79 Å². The average Bonchev–Trinajstić information content (AvgIpc) is 3.07. The Balaban J connectivity index is 1.73. The Hall–Kier alpha value is -1.40. The molecule has 2 fully saturated rings. The lowest BCUT2D eigenvalue weighted by atomic mass is 9.92. The number of hydrogen-bond donors (Lipinski definition) is 1. The second-order valence-electron chi connectivity index (χ2n) is 5.27. The van der Waals surface area contributed by atoms with Gasteiger partial charge in [-0.15, -0.1) is 0 Å². The zero-order valence-electron chi connectivity index (χ0n) is 11.2. The van der Waals surface area contributed by atoms with Crippen molar-refractivity contribution in [2.24, 2.45) is 13.0 Å². The van der Waals surface area contributed by atoms with Crippen LogP contribution in [0, 0.1) is 5.92 Å². The van der Waals surface area contributed by atoms with Crippen LogP contribution in [-0.4, -0.2) is 59.8 Å². The summed E-state index contributed by atoms with van der Waals surface area (Å²) in [6.07, 6.45) is 3.81. The maximum absolute atomic E-state index is 12.6. The molecular weight excluding hydrogens is 244 g/mol. The third kappa shape index (κ3) is 2.50. The van der Waals surface area contributed by atoms with Crippen molar-refractivity contribution >= 4 is 5.91 Å². The quantitative estimate of drug-likeness (QED) is 0.788. The number of carbonyl (C=O) groups is 1. The van der Waals surface area contributed by atoms with Gasteiger partial charge in [0.1, 0.15) is 0 Å². The van der Waals surface area contributed by atoms with Crippen LogP contribution >= 0.6 is 0 Å². The smallest absolute Gasteiger partial charge is 0.227 e. The van der Waals surface area contributed by atoms with Gasteiger partial charge in [-0.2, -0.15) is 0 Å². The van der Waals surface area contributed by atoms with Crippen LogP contribution in [0.4, 0.5) is 0 Å². The van der Waals surface area contributed by atoms with Gasteiger partial charge in [0.05, 0.1) is 31.2 Å². The third-order valence-electron chi connectivity index (χ3n) is 3.96. The highest BCUT2D eigenvalue weighted by Gasteiger charge is 2.37. The first-order chi connectivity index (χ1) is 9.25. The molecule has 0 aliphatic carbocycles. The monoisotopic (exact) mass is 264 g/mol. The van der Waals surface area contributed by atoms with E-state index in [0.717, 1.165) is 18.8 Å². The summed E-state index contributed by atoms with van der Waals surface area (Å²) in [4.78, 5) is 18.9. The maximum atomic E-state index is 12.6. The number of aromatic nitrogens is 2. The minimum Gasteiger partial charge on any atom is -0.378 e. The summed E-state index contributed by atoms with van der Waals surface area (Å²) < 4.78 is 7.24. The Labute approximate surface area is 112 Å². The molecule has 2 saturated heterocycles. The first-order valence-electron chi connectivity index (χ1n) is 6.81. The lowest BCUT2D eigenvalue weighted by Gasteiger charge is -2.30. The minimum absolute atomic E-state index is 0.00741. The van der Waals surface area contributed by atoms with Crippen LogP contribution in [0.2, 0.25) is 0 Å². The first-order valence-corrected chi connectivity index (χ1v) is 6.81. The molecule has 2 atom stereocenters. The fourth-order valence-corrected chi connectivity index (χ4v) is 2.89. The Kier molecular flexibility index (Phi) is 3.52. The van der Waals surface area contributed by atoms with Gasteiger partial charge in [-0.1, -0.05) is 0 Å². The number of carbonyl (C=O) groups excluding carboxylic acids is 1. The standard InChI is InChI=1S/C13H20N4O2/c1-16-8-12(15-9-16)10-6-14-7-11(10)13(18)17-2-4-19-5-3-17/h8-11,14H,2-7H2,1H3. The van der Waals surface area contributed by atoms with E-state index in [1.165, 1.54) is 0 Å². The molecule has 1 aromatic heterocycles. The number of morpholine rings is 1. The Morgan fingerprint density at radius 3 is 2.89 bits per heavy atom. The summed E-state index contributed by atoms with van der Waals surface area (Å²) in [5.41, 5.74) is 1.01. The predicted octanol–water partition coefficient (Wildman–Crippen LogP) is -0.418. The number of aryl methyl sites for hydroxylation is 1. The van der Waals surface area contributed by atoms with E-state index in [1.54, 1.807) is 6.33 Å². The van der Waals surface area contributed by atoms with Gasteiger partial charge >= 0.3 is 0 Å². The van der Waals surface area contributed by atoms with Crippen LogP contribution in [0.25, 0.3) is 0 Å². The van der Waals surface area contributed by atoms with E-state index >= 15 is 0 Å². The van der Waals surface area contributed by atoms with Crippen molar-refractivity contribution in [3.63, 3.8) is 0 Å². The van der Waals surface area contributed by atoms with E-state index in [9.17, 15) is 4.79 Å². The summed E-state index contributed by atoms with van der Waals surface area (Å²) >= 11 is 0. The van der Waals surface area contributed by atoms with Gasteiger partial charge in [0.25, 0.3) is 0 Å². The topological polar surface area (TPSA) is 59.4 Å². The van der Waals surface area contributed by atoms with E-state index in [0.29, 0.717) is 26.3 Å². The zero-order chi connectivity index (χ0) is 13.2. The van der Waals surface area contributed by atoms with Crippen LogP contribution < -0.4 is 5.32 Å². The molecule has 6 heteroatoms. The minimum atomic E-state index is 0.00741. The van der Waals surface area contributed by atoms with Crippen LogP contribution in [-0.2, 0) is 16.6 Å². The molecule has 104 valence electrons. The molecule has 1 aromatic rings. The maximum Gasteiger partial charge on any atom is 0.227 e. The van der Waals surface area contributed by atoms with Crippen molar-refractivity contribution in [3.8, 4) is 0 Å². The second-order valence-corrected chi connectivity index (χ2v) is 5.27. The Morgan fingerprint density at radius 1 is 1.42 bits per heavy atom. The molecule has 0 radical (unpaired) electrons. The van der Waals surface area contributed by atoms with Crippen LogP contribution in [0.5, 0.6) is 0 Å². The van der Waals surface area contributed by atoms with Crippen LogP contribution in [0.1, 0.15) is 11.6 Å². The molecule has 0 spiro atoms. The van der Waals surface area contributed by atoms with E-state index in [4.69, 9.17) is 4.74 Å². The number of rotatable bonds is 2. The van der Waals surface area contributed by atoms with Gasteiger partial charge in [-0.05, 0) is 0 Å². The van der Waals surface area contributed by atoms with Crippen molar-refractivity contribution in [2.75, 3.05) is 39.4 Å². The summed E-state index contributed by atoms with van der Waals surface area (Å²) in [7, 11) is 1.96. The van der Waals surface area contributed by atoms with E-state index in [2.05, 4.69) is 10.3 Å². The van der Waals surface area contributed by atoms with E-state index < -0.39 is 0 Å². The van der Waals surface area contributed by atoms with E-state index in [-0.39, 0.29) is 17.7 Å². The molecule has 1 amide bonds. The molecule has 6 nitrogen and oxygen atoms in total. The highest BCUT2D eigenvalue weighted by atomic mass is 16.5. The van der Waals surface area contributed by atoms with Gasteiger partial charge < -0.3 is 19.5 Å². The van der Waals surface area contributed by atoms with Gasteiger partial charge in [0.15, 0.2) is 0 Å². The summed E-state index contributed by atoms with van der Waals surface area (Å²) in [5, 5.41) is 3.32. The van der Waals surface area contributed by atoms with E-state index in [1.807, 2.05) is 22.7 Å². The molecular formula is C13H20N4O2. The molecule has 19 heavy (non-hydrogen) atoms. The number of amides is 1. The number of ether oxygens (including phenoxy) is 1. The number of nitrogens with one attached hydrogen (secondary N) is 1. The molecule has 3 heterocycles. The SMILES string of the molecule is Cn1cnc(C2CNCC2C(=O)N2CCOCC2)c1. The van der Waals surface area contributed by atoms with Crippen LogP contribution in [0.15, 0.2) is 12.5 Å². The van der Waals surface area contributed by atoms with Crippen molar-refractivity contribution in [1.29, 1.82) is 0 Å². The van der Waals surface area contributed by atoms with Gasteiger partial charge in [0.2, 0.25) is 5.91 Å². The van der Waals surface area contributed by atoms with Gasteiger partial charge in [0, 0.05) is 45.3 Å². The largest absolute Gasteiger partial charge is 0.378 e. The lowest BCUT2D eigenvalue weighted by molar-refractivity contribution is -0.139. The summed E-state index contributed by atoms with van der Waals surface area (Å²) in [6.45, 7) is 4.31. The molecule has 2 aliphatic heterocycles. The van der Waals surface area contributed by atoms with Crippen LogP contribution in [0.3, 0.4) is 0 Å². The molecule has 0 saturated carbocycles. The molecule has 2 aliphatic rings. The molecule has 0 bridgehead atoms. The molecule has 0 aromatic carbocycles. The normalized spacial score (nSPS) is 27.7. The van der Waals surface area contributed by atoms with Crippen molar-refractivity contribution < 1.29 is 9.53 Å². The zero-order valence-corrected chi connectivity index (χ0v) is 11.2. The highest BCUT2D eigenvalue weighted by molar-refractivity contribution is 5.80. The second kappa shape index (κ2) is 5.30. The fourth-order valence-electron chi connectivity index (χ4n) is 2.89. The summed E-state index contributed by atoms with van der Waals surface area (Å²) in [6, 6.07) is 0. The number of nitrogens with zero attached hydrogens (tertiary/aromatic N) is 3. The molecule has 3 rings (SSSR count). The predicted molar refractivity (Wildman–Crippen MR) is 69.7 cm³/mol. The third-order valence-corrected chi connectivity index (χ3v) is 3.96. The summed E-state index contributed by atoms with van der Waals surface area (Å²) in [5.74, 6) is 0.438. The van der Waals surface area contributed by atoms with Gasteiger partial charge in [-0.25, -0.2) is 4.98 Å². The molecule has 1 N–H and O–H groups in total. The first kappa shape index (κ1) is 12.6. The lowest BCUT2D eigenvalue weighted by Crippen LogP contribution is -2.45. The van der Waals surface area contributed by atoms with Crippen molar-refractivity contribution in [1.82, 2.24) is 19.8 Å².